The minimum Gasteiger partial charge on any atom is -0.476 e. The Morgan fingerprint density at radius 1 is 1.09 bits per heavy atom. The minimum absolute atomic E-state index is 0.0865. The van der Waals surface area contributed by atoms with Crippen molar-refractivity contribution in [1.29, 1.82) is 0 Å². The summed E-state index contributed by atoms with van der Waals surface area (Å²) in [5, 5.41) is 4.05. The summed E-state index contributed by atoms with van der Waals surface area (Å²) < 4.78 is 18.6. The summed E-state index contributed by atoms with van der Waals surface area (Å²) in [4.78, 5) is 30.4. The summed E-state index contributed by atoms with van der Waals surface area (Å²) in [5.41, 5.74) is 3.69. The van der Waals surface area contributed by atoms with Gasteiger partial charge in [0.1, 0.15) is 17.2 Å². The van der Waals surface area contributed by atoms with Crippen molar-refractivity contribution in [1.82, 2.24) is 29.4 Å². The highest BCUT2D eigenvalue weighted by atomic mass is 32.1. The molecular formula is C32H34N6O4S. The predicted octanol–water partition coefficient (Wildman–Crippen LogP) is 4.48. The average molecular weight is 599 g/mol. The van der Waals surface area contributed by atoms with E-state index in [-0.39, 0.29) is 17.6 Å². The molecule has 0 saturated carbocycles. The Balaban J connectivity index is 1.03. The van der Waals surface area contributed by atoms with Crippen molar-refractivity contribution in [3.63, 3.8) is 0 Å². The van der Waals surface area contributed by atoms with E-state index >= 15 is 0 Å². The summed E-state index contributed by atoms with van der Waals surface area (Å²) in [6, 6.07) is 9.58. The number of benzene rings is 1. The lowest BCUT2D eigenvalue weighted by Crippen LogP contribution is -2.37. The summed E-state index contributed by atoms with van der Waals surface area (Å²) >= 11 is 1.46. The van der Waals surface area contributed by atoms with Gasteiger partial charge in [-0.3, -0.25) is 14.1 Å². The molecule has 6 rings (SSSR count). The van der Waals surface area contributed by atoms with Crippen molar-refractivity contribution in [2.24, 2.45) is 0 Å². The van der Waals surface area contributed by atoms with E-state index in [4.69, 9.17) is 14.0 Å². The molecule has 0 bridgehead atoms. The van der Waals surface area contributed by atoms with Crippen LogP contribution in [0, 0.1) is 11.8 Å². The van der Waals surface area contributed by atoms with Crippen LogP contribution in [0.4, 0.5) is 0 Å². The third-order valence-electron chi connectivity index (χ3n) is 7.13. The third-order valence-corrected chi connectivity index (χ3v) is 8.07. The van der Waals surface area contributed by atoms with Crippen LogP contribution in [0.3, 0.4) is 0 Å². The van der Waals surface area contributed by atoms with E-state index in [1.165, 1.54) is 11.3 Å². The molecule has 4 aromatic heterocycles. The number of morpholine rings is 1. The lowest BCUT2D eigenvalue weighted by molar-refractivity contribution is -0.117. The van der Waals surface area contributed by atoms with Crippen LogP contribution in [0.5, 0.6) is 5.88 Å². The number of nitrogens with zero attached hydrogens (tertiary/aromatic N) is 6. The van der Waals surface area contributed by atoms with Gasteiger partial charge in [0.2, 0.25) is 5.88 Å². The van der Waals surface area contributed by atoms with E-state index < -0.39 is 0 Å². The fourth-order valence-corrected chi connectivity index (χ4v) is 5.69. The highest BCUT2D eigenvalue weighted by Gasteiger charge is 2.20. The Morgan fingerprint density at radius 2 is 1.91 bits per heavy atom. The van der Waals surface area contributed by atoms with E-state index in [0.29, 0.717) is 30.3 Å². The van der Waals surface area contributed by atoms with Crippen LogP contribution in [0.2, 0.25) is 0 Å². The van der Waals surface area contributed by atoms with Gasteiger partial charge in [-0.15, -0.1) is 0 Å². The molecule has 5 heterocycles. The first-order chi connectivity index (χ1) is 20.8. The molecule has 0 spiro atoms. The van der Waals surface area contributed by atoms with Gasteiger partial charge in [-0.1, -0.05) is 55.3 Å². The van der Waals surface area contributed by atoms with Crippen molar-refractivity contribution in [2.45, 2.75) is 45.4 Å². The standard InChI is InChI=1S/C32H34N6O4S/c1-32(2,3)27-19-25(36-42-27)18-26(39)17-23-7-5-22(6-8-23)9-10-24-21-38-29-30(43-31(38)34-24)35-28(20-33-29)41-14-4-11-37-12-15-40-16-13-37/h5-8,19-21H,4,11-18H2,1-3H3. The van der Waals surface area contributed by atoms with Crippen molar-refractivity contribution in [3.05, 3.63) is 71.0 Å². The van der Waals surface area contributed by atoms with Gasteiger partial charge in [-0.2, -0.15) is 4.98 Å². The molecule has 1 aliphatic rings. The zero-order valence-electron chi connectivity index (χ0n) is 24.6. The Hall–Kier alpha value is -4.11. The molecule has 11 heteroatoms. The van der Waals surface area contributed by atoms with E-state index in [0.717, 1.165) is 71.6 Å². The number of hydrogen-bond acceptors (Lipinski definition) is 10. The number of thiazole rings is 1. The molecule has 10 nitrogen and oxygen atoms in total. The van der Waals surface area contributed by atoms with Crippen LogP contribution >= 0.6 is 11.3 Å². The highest BCUT2D eigenvalue weighted by Crippen LogP contribution is 2.25. The van der Waals surface area contributed by atoms with Crippen LogP contribution < -0.4 is 4.74 Å². The number of rotatable bonds is 9. The zero-order valence-corrected chi connectivity index (χ0v) is 25.4. The first-order valence-electron chi connectivity index (χ1n) is 14.5. The zero-order chi connectivity index (χ0) is 29.8. The number of hydrogen-bond donors (Lipinski definition) is 0. The van der Waals surface area contributed by atoms with Crippen molar-refractivity contribution >= 4 is 32.6 Å². The number of ketones is 1. The molecule has 1 fully saturated rings. The topological polar surface area (TPSA) is 108 Å². The molecule has 0 aliphatic carbocycles. The molecule has 0 unspecified atom stereocenters. The van der Waals surface area contributed by atoms with Crippen molar-refractivity contribution < 1.29 is 18.8 Å². The monoisotopic (exact) mass is 598 g/mol. The number of carbonyl (C=O) groups is 1. The lowest BCUT2D eigenvalue weighted by Gasteiger charge is -2.26. The molecule has 222 valence electrons. The fraction of sp³-hybridized carbons (Fsp3) is 0.406. The normalized spacial score (nSPS) is 14.2. The van der Waals surface area contributed by atoms with Crippen LogP contribution in [0.1, 0.15) is 55.5 Å². The minimum atomic E-state index is -0.137. The summed E-state index contributed by atoms with van der Waals surface area (Å²) in [6.45, 7) is 11.3. The van der Waals surface area contributed by atoms with E-state index in [1.807, 2.05) is 40.9 Å². The maximum absolute atomic E-state index is 12.6. The van der Waals surface area contributed by atoms with Gasteiger partial charge in [0, 0.05) is 49.3 Å². The number of Topliss-reactive ketones (excluding diaryl/α,β-unsaturated/α-hetero) is 1. The predicted molar refractivity (Wildman–Crippen MR) is 164 cm³/mol. The number of ether oxygens (including phenoxy) is 2. The summed E-state index contributed by atoms with van der Waals surface area (Å²) in [7, 11) is 0. The number of carbonyl (C=O) groups excluding carboxylic acids is 1. The Kier molecular flexibility index (Phi) is 8.51. The van der Waals surface area contributed by atoms with Gasteiger partial charge in [0.05, 0.1) is 38.1 Å². The summed E-state index contributed by atoms with van der Waals surface area (Å²) in [6.07, 6.45) is 5.05. The van der Waals surface area contributed by atoms with Gasteiger partial charge in [0.25, 0.3) is 0 Å². The van der Waals surface area contributed by atoms with Gasteiger partial charge in [0.15, 0.2) is 15.4 Å². The van der Waals surface area contributed by atoms with Crippen molar-refractivity contribution in [2.75, 3.05) is 39.5 Å². The number of imidazole rings is 1. The highest BCUT2D eigenvalue weighted by molar-refractivity contribution is 7.23. The molecule has 1 aliphatic heterocycles. The Bertz CT molecular complexity index is 1780. The average Bonchev–Trinajstić information content (AvgIpc) is 3.70. The van der Waals surface area contributed by atoms with Gasteiger partial charge >= 0.3 is 0 Å². The van der Waals surface area contributed by atoms with Crippen LogP contribution in [0.15, 0.2) is 47.2 Å². The third kappa shape index (κ3) is 7.28. The molecule has 0 amide bonds. The van der Waals surface area contributed by atoms with Gasteiger partial charge < -0.3 is 14.0 Å². The first-order valence-corrected chi connectivity index (χ1v) is 15.3. The Morgan fingerprint density at radius 3 is 2.67 bits per heavy atom. The maximum atomic E-state index is 12.6. The maximum Gasteiger partial charge on any atom is 0.233 e. The van der Waals surface area contributed by atoms with E-state index in [2.05, 4.69) is 57.6 Å². The summed E-state index contributed by atoms with van der Waals surface area (Å²) in [5.74, 6) is 7.69. The number of aromatic nitrogens is 5. The van der Waals surface area contributed by atoms with Crippen LogP contribution in [0.25, 0.3) is 15.4 Å². The molecule has 1 saturated heterocycles. The second-order valence-electron chi connectivity index (χ2n) is 11.6. The van der Waals surface area contributed by atoms with E-state index in [1.54, 1.807) is 6.20 Å². The molecule has 43 heavy (non-hydrogen) atoms. The smallest absolute Gasteiger partial charge is 0.233 e. The second kappa shape index (κ2) is 12.6. The van der Waals surface area contributed by atoms with E-state index in [9.17, 15) is 4.79 Å². The molecule has 0 N–H and O–H groups in total. The molecule has 0 atom stereocenters. The molecular weight excluding hydrogens is 564 g/mol. The van der Waals surface area contributed by atoms with Gasteiger partial charge in [-0.05, 0) is 30.0 Å². The van der Waals surface area contributed by atoms with Gasteiger partial charge in [-0.25, -0.2) is 9.97 Å². The largest absolute Gasteiger partial charge is 0.476 e. The lowest BCUT2D eigenvalue weighted by atomic mass is 9.93. The van der Waals surface area contributed by atoms with Crippen LogP contribution in [-0.4, -0.2) is 74.6 Å². The molecule has 0 radical (unpaired) electrons. The fourth-order valence-electron chi connectivity index (χ4n) is 4.76. The quantitative estimate of drug-likeness (QED) is 0.179. The van der Waals surface area contributed by atoms with Crippen molar-refractivity contribution in [3.8, 4) is 17.7 Å². The molecule has 1 aromatic carbocycles. The SMILES string of the molecule is CC(C)(C)c1cc(CC(=O)Cc2ccc(C#Cc3cn4c(n3)sc3nc(OCCCN5CCOCC5)cnc34)cc2)no1. The second-order valence-corrected chi connectivity index (χ2v) is 12.6. The van der Waals surface area contributed by atoms with Crippen LogP contribution in [-0.2, 0) is 27.8 Å². The number of fused-ring (bicyclic) bond motifs is 3. The molecule has 5 aromatic rings. The first kappa shape index (κ1) is 29.0. The Labute approximate surface area is 254 Å².